The van der Waals surface area contributed by atoms with Gasteiger partial charge in [-0.1, -0.05) is 12.1 Å². The van der Waals surface area contributed by atoms with E-state index in [1.54, 1.807) is 12.3 Å². The lowest BCUT2D eigenvalue weighted by molar-refractivity contribution is -0.141. The van der Waals surface area contributed by atoms with Gasteiger partial charge in [0.15, 0.2) is 5.79 Å². The minimum atomic E-state index is -4.59. The molecule has 0 spiro atoms. The average Bonchev–Trinajstić information content (AvgIpc) is 3.48. The summed E-state index contributed by atoms with van der Waals surface area (Å²) >= 11 is 0. The number of benzene rings is 1. The lowest BCUT2D eigenvalue weighted by atomic mass is 9.93. The van der Waals surface area contributed by atoms with Crippen LogP contribution in [0.5, 0.6) is 5.88 Å². The van der Waals surface area contributed by atoms with Crippen LogP contribution >= 0.6 is 0 Å². The molecule has 6 rings (SSSR count). The molecule has 2 fully saturated rings. The molecule has 13 heteroatoms. The number of nitrogens with zero attached hydrogens (tertiary/aromatic N) is 3. The van der Waals surface area contributed by atoms with Crippen molar-refractivity contribution in [2.75, 3.05) is 31.6 Å². The first-order valence-electron chi connectivity index (χ1n) is 13.0. The third-order valence-corrected chi connectivity index (χ3v) is 7.23. The molecule has 2 saturated heterocycles. The largest absolute Gasteiger partial charge is 0.475 e. The van der Waals surface area contributed by atoms with Gasteiger partial charge in [-0.25, -0.2) is 4.98 Å². The molecule has 2 bridgehead atoms. The summed E-state index contributed by atoms with van der Waals surface area (Å²) in [5.41, 5.74) is -1.45. The first-order valence-corrected chi connectivity index (χ1v) is 13.0. The summed E-state index contributed by atoms with van der Waals surface area (Å²) < 4.78 is 58.0. The third kappa shape index (κ3) is 5.06. The van der Waals surface area contributed by atoms with Crippen LogP contribution in [0.2, 0.25) is 0 Å². The Labute approximate surface area is 228 Å². The van der Waals surface area contributed by atoms with E-state index >= 15 is 0 Å². The summed E-state index contributed by atoms with van der Waals surface area (Å²) in [6.07, 6.45) is -0.896. The number of rotatable bonds is 6. The van der Waals surface area contributed by atoms with Crippen molar-refractivity contribution in [1.82, 2.24) is 20.5 Å². The normalized spacial score (nSPS) is 26.7. The number of anilines is 1. The standard InChI is InChI=1S/C27H29F3N6O4/c1-25(2)39-15-20(40-25)14-38-22-11-18(6-8-31-22)34-24(37)26(16-4-3-5-17(10-16)27(28,29)30)32-12-21-23(35-26)33-19-7-9-36(21)13-19/h3-6,8,10-12,19-20,32H,7,9,13-15H2,1-2H3,(H,33,35)(H,31,34,37)/t19-,20+,26?/m0/s1. The van der Waals surface area contributed by atoms with Crippen molar-refractivity contribution in [2.45, 2.75) is 50.0 Å². The minimum Gasteiger partial charge on any atom is -0.475 e. The molecule has 1 amide bonds. The Morgan fingerprint density at radius 1 is 1.27 bits per heavy atom. The van der Waals surface area contributed by atoms with E-state index in [0.717, 1.165) is 37.3 Å². The lowest BCUT2D eigenvalue weighted by Gasteiger charge is -2.42. The molecule has 10 nitrogen and oxygen atoms in total. The van der Waals surface area contributed by atoms with Gasteiger partial charge >= 0.3 is 6.18 Å². The number of carbonyl (C=O) groups is 1. The molecule has 2 aromatic rings. The molecule has 3 N–H and O–H groups in total. The number of nitrogens with one attached hydrogen (secondary N) is 3. The Balaban J connectivity index is 1.27. The van der Waals surface area contributed by atoms with Crippen molar-refractivity contribution in [3.05, 3.63) is 65.6 Å². The molecular weight excluding hydrogens is 529 g/mol. The molecular formula is C27H29F3N6O4. The maximum absolute atomic E-state index is 13.9. The molecule has 5 heterocycles. The molecule has 0 radical (unpaired) electrons. The number of fused-ring (bicyclic) bond motifs is 4. The van der Waals surface area contributed by atoms with Gasteiger partial charge in [-0.15, -0.1) is 0 Å². The third-order valence-electron chi connectivity index (χ3n) is 7.23. The number of carbonyl (C=O) groups excluding carboxylic acids is 1. The van der Waals surface area contributed by atoms with Crippen LogP contribution in [0.3, 0.4) is 0 Å². The maximum atomic E-state index is 13.9. The summed E-state index contributed by atoms with van der Waals surface area (Å²) in [4.78, 5) is 25.0. The van der Waals surface area contributed by atoms with Crippen molar-refractivity contribution in [1.29, 1.82) is 0 Å². The Kier molecular flexibility index (Phi) is 6.37. The molecule has 0 aliphatic carbocycles. The molecule has 4 aliphatic heterocycles. The highest BCUT2D eigenvalue weighted by Crippen LogP contribution is 2.35. The number of amides is 1. The molecule has 1 unspecified atom stereocenters. The zero-order valence-electron chi connectivity index (χ0n) is 21.9. The van der Waals surface area contributed by atoms with E-state index in [1.165, 1.54) is 24.4 Å². The number of amidine groups is 1. The fourth-order valence-electron chi connectivity index (χ4n) is 5.26. The summed E-state index contributed by atoms with van der Waals surface area (Å²) in [5, 5.41) is 9.01. The molecule has 40 heavy (non-hydrogen) atoms. The number of halogens is 3. The molecule has 4 aliphatic rings. The summed E-state index contributed by atoms with van der Waals surface area (Å²) in [6, 6.07) is 7.83. The van der Waals surface area contributed by atoms with E-state index in [4.69, 9.17) is 19.2 Å². The van der Waals surface area contributed by atoms with Gasteiger partial charge < -0.3 is 35.1 Å². The van der Waals surface area contributed by atoms with Gasteiger partial charge in [0.2, 0.25) is 11.5 Å². The van der Waals surface area contributed by atoms with E-state index < -0.39 is 29.1 Å². The fraction of sp³-hybridized carbons (Fsp3) is 0.444. The predicted octanol–water partition coefficient (Wildman–Crippen LogP) is 2.94. The Morgan fingerprint density at radius 2 is 2.12 bits per heavy atom. The first kappa shape index (κ1) is 26.4. The van der Waals surface area contributed by atoms with Gasteiger partial charge in [0.05, 0.1) is 23.9 Å². The summed E-state index contributed by atoms with van der Waals surface area (Å²) in [6.45, 7) is 5.76. The SMILES string of the molecule is CC1(C)OC[C@@H](COc2cc(NC(=O)C3(c4cccc(C(F)(F)F)c4)NC=C4C(=N[C@H]5CCN4C5)N3)ccn2)O1. The summed E-state index contributed by atoms with van der Waals surface area (Å²) in [7, 11) is 0. The molecule has 0 saturated carbocycles. The number of aromatic nitrogens is 1. The van der Waals surface area contributed by atoms with E-state index in [-0.39, 0.29) is 30.2 Å². The van der Waals surface area contributed by atoms with Gasteiger partial charge in [0.1, 0.15) is 18.5 Å². The highest BCUT2D eigenvalue weighted by Gasteiger charge is 2.47. The van der Waals surface area contributed by atoms with Gasteiger partial charge in [-0.3, -0.25) is 9.79 Å². The lowest BCUT2D eigenvalue weighted by Crippen LogP contribution is -2.65. The van der Waals surface area contributed by atoms with Crippen LogP contribution in [0.4, 0.5) is 18.9 Å². The van der Waals surface area contributed by atoms with Crippen LogP contribution in [0.25, 0.3) is 0 Å². The first-order chi connectivity index (χ1) is 19.0. The van der Waals surface area contributed by atoms with Crippen LogP contribution in [0, 0.1) is 0 Å². The van der Waals surface area contributed by atoms with Crippen LogP contribution in [0.15, 0.2) is 59.5 Å². The van der Waals surface area contributed by atoms with Crippen molar-refractivity contribution < 1.29 is 32.2 Å². The monoisotopic (exact) mass is 558 g/mol. The zero-order chi connectivity index (χ0) is 28.1. The number of pyridine rings is 1. The Morgan fingerprint density at radius 3 is 2.90 bits per heavy atom. The second kappa shape index (κ2) is 9.66. The Bertz CT molecular complexity index is 1380. The van der Waals surface area contributed by atoms with Gasteiger partial charge in [0.25, 0.3) is 5.91 Å². The van der Waals surface area contributed by atoms with Crippen molar-refractivity contribution in [2.24, 2.45) is 4.99 Å². The van der Waals surface area contributed by atoms with Gasteiger partial charge in [-0.2, -0.15) is 13.2 Å². The fourth-order valence-corrected chi connectivity index (χ4v) is 5.26. The van der Waals surface area contributed by atoms with Crippen LogP contribution in [0.1, 0.15) is 31.4 Å². The number of alkyl halides is 3. The Hall–Kier alpha value is -3.84. The van der Waals surface area contributed by atoms with Crippen molar-refractivity contribution in [3.63, 3.8) is 0 Å². The number of aliphatic imine (C=N–C) groups is 1. The van der Waals surface area contributed by atoms with Crippen molar-refractivity contribution >= 4 is 17.4 Å². The molecule has 1 aromatic carbocycles. The average molecular weight is 559 g/mol. The van der Waals surface area contributed by atoms with E-state index in [9.17, 15) is 18.0 Å². The quantitative estimate of drug-likeness (QED) is 0.497. The smallest absolute Gasteiger partial charge is 0.416 e. The predicted molar refractivity (Wildman–Crippen MR) is 138 cm³/mol. The highest BCUT2D eigenvalue weighted by atomic mass is 19.4. The van der Waals surface area contributed by atoms with Gasteiger partial charge in [0, 0.05) is 42.8 Å². The maximum Gasteiger partial charge on any atom is 0.416 e. The van der Waals surface area contributed by atoms with E-state index in [1.807, 2.05) is 13.8 Å². The minimum absolute atomic E-state index is 0.0553. The number of hydrogen-bond donors (Lipinski definition) is 3. The van der Waals surface area contributed by atoms with Crippen LogP contribution in [-0.4, -0.2) is 65.9 Å². The van der Waals surface area contributed by atoms with E-state index in [0.29, 0.717) is 18.1 Å². The zero-order valence-corrected chi connectivity index (χ0v) is 21.9. The number of hydrogen-bond acceptors (Lipinski definition) is 9. The second-order valence-electron chi connectivity index (χ2n) is 10.6. The summed E-state index contributed by atoms with van der Waals surface area (Å²) in [5.74, 6) is -0.626. The van der Waals surface area contributed by atoms with E-state index in [2.05, 4.69) is 25.8 Å². The van der Waals surface area contributed by atoms with Crippen LogP contribution in [-0.2, 0) is 26.1 Å². The van der Waals surface area contributed by atoms with Crippen molar-refractivity contribution in [3.8, 4) is 5.88 Å². The van der Waals surface area contributed by atoms with Gasteiger partial charge in [-0.05, 0) is 38.5 Å². The molecule has 3 atom stereocenters. The topological polar surface area (TPSA) is 109 Å². The molecule has 1 aromatic heterocycles. The number of ether oxygens (including phenoxy) is 3. The van der Waals surface area contributed by atoms with Crippen LogP contribution < -0.4 is 20.7 Å². The molecule has 212 valence electrons. The highest BCUT2D eigenvalue weighted by molar-refractivity contribution is 6.07. The second-order valence-corrected chi connectivity index (χ2v) is 10.6.